The summed E-state index contributed by atoms with van der Waals surface area (Å²) < 4.78 is 7.56. The van der Waals surface area contributed by atoms with Gasteiger partial charge in [0, 0.05) is 13.2 Å². The molecule has 4 nitrogen and oxygen atoms in total. The van der Waals surface area contributed by atoms with Gasteiger partial charge < -0.3 is 4.74 Å². The van der Waals surface area contributed by atoms with Gasteiger partial charge in [-0.1, -0.05) is 18.5 Å². The number of ether oxygens (including phenoxy) is 1. The molecule has 20 heavy (non-hydrogen) atoms. The monoisotopic (exact) mass is 298 g/mol. The Kier molecular flexibility index (Phi) is 4.86. The maximum atomic E-state index is 12.6. The average molecular weight is 299 g/mol. The molecule has 1 fully saturated rings. The van der Waals surface area contributed by atoms with Crippen LogP contribution < -0.4 is 0 Å². The highest BCUT2D eigenvalue weighted by Gasteiger charge is 2.36. The highest BCUT2D eigenvalue weighted by atomic mass is 35.5. The molecule has 1 aliphatic heterocycles. The second kappa shape index (κ2) is 6.27. The maximum Gasteiger partial charge on any atom is 0.170 e. The Hall–Kier alpha value is -0.870. The zero-order valence-corrected chi connectivity index (χ0v) is 13.3. The van der Waals surface area contributed by atoms with Gasteiger partial charge >= 0.3 is 0 Å². The van der Waals surface area contributed by atoms with E-state index in [-0.39, 0.29) is 5.78 Å². The third-order valence-corrected chi connectivity index (χ3v) is 4.52. The Labute approximate surface area is 125 Å². The standard InChI is InChI=1S/C15H23ClN2O2/c1-4-11-14(16)12(18(5-2)17-11)10-13(19)15(3)8-6-7-9-20-15/h4-10H2,1-3H3. The van der Waals surface area contributed by atoms with Crippen molar-refractivity contribution < 1.29 is 9.53 Å². The molecule has 0 aliphatic carbocycles. The van der Waals surface area contributed by atoms with Crippen LogP contribution in [-0.2, 0) is 28.9 Å². The molecule has 0 aromatic carbocycles. The van der Waals surface area contributed by atoms with Crippen molar-refractivity contribution in [3.8, 4) is 0 Å². The third-order valence-electron chi connectivity index (χ3n) is 4.08. The summed E-state index contributed by atoms with van der Waals surface area (Å²) in [6, 6.07) is 0. The number of hydrogen-bond acceptors (Lipinski definition) is 3. The highest BCUT2D eigenvalue weighted by molar-refractivity contribution is 6.32. The fourth-order valence-corrected chi connectivity index (χ4v) is 3.01. The minimum absolute atomic E-state index is 0.108. The van der Waals surface area contributed by atoms with Crippen LogP contribution >= 0.6 is 11.6 Å². The number of ketones is 1. The zero-order valence-electron chi connectivity index (χ0n) is 12.5. The molecule has 0 saturated carbocycles. The number of aryl methyl sites for hydroxylation is 2. The highest BCUT2D eigenvalue weighted by Crippen LogP contribution is 2.29. The number of carbonyl (C=O) groups is 1. The van der Waals surface area contributed by atoms with Gasteiger partial charge in [0.2, 0.25) is 0 Å². The predicted octanol–water partition coefficient (Wildman–Crippen LogP) is 3.19. The summed E-state index contributed by atoms with van der Waals surface area (Å²) in [7, 11) is 0. The number of carbonyl (C=O) groups excluding carboxylic acids is 1. The van der Waals surface area contributed by atoms with Crippen LogP contribution in [0.3, 0.4) is 0 Å². The van der Waals surface area contributed by atoms with E-state index < -0.39 is 5.60 Å². The Balaban J connectivity index is 2.20. The van der Waals surface area contributed by atoms with Crippen LogP contribution in [0.1, 0.15) is 51.4 Å². The number of aromatic nitrogens is 2. The Morgan fingerprint density at radius 1 is 1.45 bits per heavy atom. The molecule has 112 valence electrons. The lowest BCUT2D eigenvalue weighted by molar-refractivity contribution is -0.147. The van der Waals surface area contributed by atoms with Crippen molar-refractivity contribution in [2.45, 2.75) is 65.0 Å². The van der Waals surface area contributed by atoms with Gasteiger partial charge in [-0.15, -0.1) is 0 Å². The molecule has 1 atom stereocenters. The first-order valence-corrected chi connectivity index (χ1v) is 7.81. The second-order valence-electron chi connectivity index (χ2n) is 5.51. The maximum absolute atomic E-state index is 12.6. The van der Waals surface area contributed by atoms with Crippen LogP contribution in [0, 0.1) is 0 Å². The van der Waals surface area contributed by atoms with Gasteiger partial charge in [0.25, 0.3) is 0 Å². The van der Waals surface area contributed by atoms with Crippen LogP contribution in [0.15, 0.2) is 0 Å². The number of hydrogen-bond donors (Lipinski definition) is 0. The number of rotatable bonds is 5. The molecule has 2 rings (SSSR count). The number of nitrogens with zero attached hydrogens (tertiary/aromatic N) is 2. The lowest BCUT2D eigenvalue weighted by atomic mass is 9.89. The van der Waals surface area contributed by atoms with E-state index in [2.05, 4.69) is 5.10 Å². The fourth-order valence-electron chi connectivity index (χ4n) is 2.68. The lowest BCUT2D eigenvalue weighted by Crippen LogP contribution is -2.42. The first kappa shape index (κ1) is 15.5. The summed E-state index contributed by atoms with van der Waals surface area (Å²) in [5.74, 6) is 0.108. The Morgan fingerprint density at radius 2 is 2.20 bits per heavy atom. The second-order valence-corrected chi connectivity index (χ2v) is 5.89. The molecule has 0 spiro atoms. The van der Waals surface area contributed by atoms with E-state index in [9.17, 15) is 4.79 Å². The molecule has 1 saturated heterocycles. The molecule has 1 unspecified atom stereocenters. The molecule has 5 heteroatoms. The Bertz CT molecular complexity index is 490. The van der Waals surface area contributed by atoms with Crippen LogP contribution in [0.4, 0.5) is 0 Å². The summed E-state index contributed by atoms with van der Waals surface area (Å²) >= 11 is 6.36. The van der Waals surface area contributed by atoms with E-state index in [4.69, 9.17) is 16.3 Å². The van der Waals surface area contributed by atoms with Crippen LogP contribution in [0.25, 0.3) is 0 Å². The van der Waals surface area contributed by atoms with Crippen molar-refractivity contribution in [1.29, 1.82) is 0 Å². The quantitative estimate of drug-likeness (QED) is 0.838. The van der Waals surface area contributed by atoms with Crippen molar-refractivity contribution in [1.82, 2.24) is 9.78 Å². The average Bonchev–Trinajstić information content (AvgIpc) is 2.76. The summed E-state index contributed by atoms with van der Waals surface area (Å²) in [4.78, 5) is 12.6. The van der Waals surface area contributed by atoms with Gasteiger partial charge in [-0.25, -0.2) is 0 Å². The molecule has 0 amide bonds. The normalized spacial score (nSPS) is 23.0. The summed E-state index contributed by atoms with van der Waals surface area (Å²) in [6.45, 7) is 7.32. The van der Waals surface area contributed by atoms with Gasteiger partial charge in [-0.2, -0.15) is 5.10 Å². The van der Waals surface area contributed by atoms with E-state index >= 15 is 0 Å². The van der Waals surface area contributed by atoms with Crippen LogP contribution in [0.2, 0.25) is 5.02 Å². The SMILES string of the molecule is CCc1nn(CC)c(CC(=O)C2(C)CCCCO2)c1Cl. The summed E-state index contributed by atoms with van der Waals surface area (Å²) in [5, 5.41) is 5.10. The van der Waals surface area contributed by atoms with Crippen molar-refractivity contribution in [2.24, 2.45) is 0 Å². The molecule has 1 aliphatic rings. The van der Waals surface area contributed by atoms with Crippen molar-refractivity contribution >= 4 is 17.4 Å². The first-order valence-electron chi connectivity index (χ1n) is 7.43. The summed E-state index contributed by atoms with van der Waals surface area (Å²) in [6.07, 6.45) is 3.96. The van der Waals surface area contributed by atoms with Gasteiger partial charge in [-0.3, -0.25) is 9.48 Å². The first-order chi connectivity index (χ1) is 9.51. The van der Waals surface area contributed by atoms with Crippen molar-refractivity contribution in [3.05, 3.63) is 16.4 Å². The minimum Gasteiger partial charge on any atom is -0.367 e. The smallest absolute Gasteiger partial charge is 0.170 e. The van der Waals surface area contributed by atoms with Gasteiger partial charge in [0.15, 0.2) is 5.78 Å². The zero-order chi connectivity index (χ0) is 14.8. The van der Waals surface area contributed by atoms with Gasteiger partial charge in [-0.05, 0) is 39.5 Å². The number of halogens is 1. The fraction of sp³-hybridized carbons (Fsp3) is 0.733. The van der Waals surface area contributed by atoms with Crippen LogP contribution in [0.5, 0.6) is 0 Å². The minimum atomic E-state index is -0.656. The molecule has 0 N–H and O–H groups in total. The van der Waals surface area contributed by atoms with E-state index in [0.717, 1.165) is 43.6 Å². The molecular formula is C15H23ClN2O2. The predicted molar refractivity (Wildman–Crippen MR) is 79.2 cm³/mol. The molecular weight excluding hydrogens is 276 g/mol. The van der Waals surface area contributed by atoms with E-state index in [1.165, 1.54) is 0 Å². The molecule has 1 aromatic rings. The summed E-state index contributed by atoms with van der Waals surface area (Å²) in [5.41, 5.74) is 1.04. The number of Topliss-reactive ketones (excluding diaryl/α,β-unsaturated/α-hetero) is 1. The molecule has 0 bridgehead atoms. The van der Waals surface area contributed by atoms with Crippen molar-refractivity contribution in [2.75, 3.05) is 6.61 Å². The van der Waals surface area contributed by atoms with Crippen molar-refractivity contribution in [3.63, 3.8) is 0 Å². The van der Waals surface area contributed by atoms with Gasteiger partial charge in [0.1, 0.15) is 5.60 Å². The largest absolute Gasteiger partial charge is 0.367 e. The molecule has 2 heterocycles. The van der Waals surface area contributed by atoms with E-state index in [1.807, 2.05) is 25.5 Å². The Morgan fingerprint density at radius 3 is 2.75 bits per heavy atom. The lowest BCUT2D eigenvalue weighted by Gasteiger charge is -2.32. The van der Waals surface area contributed by atoms with E-state index in [0.29, 0.717) is 18.1 Å². The van der Waals surface area contributed by atoms with Crippen LogP contribution in [-0.4, -0.2) is 27.8 Å². The molecule has 1 aromatic heterocycles. The van der Waals surface area contributed by atoms with Gasteiger partial charge in [0.05, 0.1) is 22.8 Å². The topological polar surface area (TPSA) is 44.1 Å². The molecule has 0 radical (unpaired) electrons. The van der Waals surface area contributed by atoms with E-state index in [1.54, 1.807) is 0 Å². The third kappa shape index (κ3) is 2.91.